The molecule has 0 aromatic heterocycles. The van der Waals surface area contributed by atoms with E-state index in [2.05, 4.69) is 40.4 Å². The molecule has 0 amide bonds. The maximum Gasteiger partial charge on any atom is 0.338 e. The van der Waals surface area contributed by atoms with Gasteiger partial charge in [-0.1, -0.05) is 45.5 Å². The number of halogens is 1. The predicted molar refractivity (Wildman–Crippen MR) is 110 cm³/mol. The van der Waals surface area contributed by atoms with E-state index in [9.17, 15) is 9.18 Å². The van der Waals surface area contributed by atoms with Crippen molar-refractivity contribution in [3.8, 4) is 0 Å². The van der Waals surface area contributed by atoms with Crippen molar-refractivity contribution in [2.45, 2.75) is 64.0 Å². The largest absolute Gasteiger partial charge is 0.458 e. The molecule has 5 heteroatoms. The standard InChI is InChI=1S/C22H31FO3Si/c1-16-18(12-13-25-21(24)17-10-8-7-9-11-17)14-19(15-20(16)23)26-27(5,6)22(2,3)4/h7-12,19-20H,1,13-15H2,2-6H3. The summed E-state index contributed by atoms with van der Waals surface area (Å²) in [6, 6.07) is 8.82. The fourth-order valence-corrected chi connectivity index (χ4v) is 4.17. The molecule has 27 heavy (non-hydrogen) atoms. The number of esters is 1. The van der Waals surface area contributed by atoms with E-state index < -0.39 is 14.5 Å². The summed E-state index contributed by atoms with van der Waals surface area (Å²) >= 11 is 0. The maximum absolute atomic E-state index is 14.5. The van der Waals surface area contributed by atoms with Gasteiger partial charge in [-0.15, -0.1) is 0 Å². The Labute approximate surface area is 163 Å². The van der Waals surface area contributed by atoms with Gasteiger partial charge in [0.25, 0.3) is 0 Å². The Balaban J connectivity index is 2.01. The second-order valence-corrected chi connectivity index (χ2v) is 13.4. The number of ether oxygens (including phenoxy) is 1. The molecule has 0 spiro atoms. The quantitative estimate of drug-likeness (QED) is 0.467. The van der Waals surface area contributed by atoms with Crippen molar-refractivity contribution < 1.29 is 18.3 Å². The van der Waals surface area contributed by atoms with Crippen LogP contribution in [0.15, 0.2) is 54.1 Å². The molecule has 1 aliphatic carbocycles. The molecule has 2 unspecified atom stereocenters. The molecular weight excluding hydrogens is 359 g/mol. The normalized spacial score (nSPS) is 22.7. The molecule has 1 fully saturated rings. The minimum Gasteiger partial charge on any atom is -0.458 e. The van der Waals surface area contributed by atoms with Crippen LogP contribution in [0.4, 0.5) is 4.39 Å². The van der Waals surface area contributed by atoms with Gasteiger partial charge in [-0.2, -0.15) is 0 Å². The first-order valence-corrected chi connectivity index (χ1v) is 12.3. The maximum atomic E-state index is 14.5. The monoisotopic (exact) mass is 390 g/mol. The summed E-state index contributed by atoms with van der Waals surface area (Å²) in [5.74, 6) is -0.389. The Bertz CT molecular complexity index is 704. The summed E-state index contributed by atoms with van der Waals surface area (Å²) in [6.07, 6.45) is 1.42. The third-order valence-corrected chi connectivity index (χ3v) is 10.1. The van der Waals surface area contributed by atoms with Gasteiger partial charge in [0.1, 0.15) is 12.8 Å². The minimum absolute atomic E-state index is 0.0718. The molecule has 0 N–H and O–H groups in total. The Morgan fingerprint density at radius 2 is 1.93 bits per heavy atom. The van der Waals surface area contributed by atoms with Crippen LogP contribution in [0.1, 0.15) is 44.0 Å². The van der Waals surface area contributed by atoms with Gasteiger partial charge < -0.3 is 9.16 Å². The molecule has 148 valence electrons. The molecule has 2 atom stereocenters. The lowest BCUT2D eigenvalue weighted by Crippen LogP contribution is -2.45. The van der Waals surface area contributed by atoms with Gasteiger partial charge in [-0.25, -0.2) is 9.18 Å². The molecule has 1 saturated carbocycles. The van der Waals surface area contributed by atoms with Gasteiger partial charge in [-0.05, 0) is 53.9 Å². The van der Waals surface area contributed by atoms with Gasteiger partial charge in [0, 0.05) is 6.42 Å². The zero-order valence-electron chi connectivity index (χ0n) is 17.0. The van der Waals surface area contributed by atoms with E-state index in [-0.39, 0.29) is 23.7 Å². The highest BCUT2D eigenvalue weighted by Crippen LogP contribution is 2.40. The first kappa shape index (κ1) is 21.6. The van der Waals surface area contributed by atoms with Crippen LogP contribution in [0.5, 0.6) is 0 Å². The van der Waals surface area contributed by atoms with Gasteiger partial charge in [0.2, 0.25) is 0 Å². The summed E-state index contributed by atoms with van der Waals surface area (Å²) in [4.78, 5) is 12.0. The number of rotatable bonds is 5. The number of carbonyl (C=O) groups is 1. The minimum atomic E-state index is -1.98. The van der Waals surface area contributed by atoms with Crippen molar-refractivity contribution >= 4 is 14.3 Å². The highest BCUT2D eigenvalue weighted by molar-refractivity contribution is 6.74. The average molecular weight is 391 g/mol. The smallest absolute Gasteiger partial charge is 0.338 e. The fourth-order valence-electron chi connectivity index (χ4n) is 2.81. The fraction of sp³-hybridized carbons (Fsp3) is 0.500. The highest BCUT2D eigenvalue weighted by Gasteiger charge is 2.41. The van der Waals surface area contributed by atoms with Gasteiger partial charge in [-0.3, -0.25) is 0 Å². The van der Waals surface area contributed by atoms with E-state index in [0.717, 1.165) is 5.57 Å². The van der Waals surface area contributed by atoms with Crippen LogP contribution in [-0.2, 0) is 9.16 Å². The van der Waals surface area contributed by atoms with Crippen LogP contribution in [-0.4, -0.2) is 33.2 Å². The first-order chi connectivity index (χ1) is 12.5. The van der Waals surface area contributed by atoms with E-state index in [4.69, 9.17) is 9.16 Å². The molecule has 0 radical (unpaired) electrons. The number of hydrogen-bond donors (Lipinski definition) is 0. The van der Waals surface area contributed by atoms with Crippen LogP contribution < -0.4 is 0 Å². The average Bonchev–Trinajstić information content (AvgIpc) is 2.58. The topological polar surface area (TPSA) is 35.5 Å². The molecule has 1 aromatic rings. The van der Waals surface area contributed by atoms with Crippen LogP contribution in [0.25, 0.3) is 0 Å². The Morgan fingerprint density at radius 3 is 2.52 bits per heavy atom. The molecule has 0 bridgehead atoms. The highest BCUT2D eigenvalue weighted by atomic mass is 28.4. The Hall–Kier alpha value is -1.72. The molecule has 0 saturated heterocycles. The third kappa shape index (κ3) is 5.63. The number of alkyl halides is 1. The predicted octanol–water partition coefficient (Wildman–Crippen LogP) is 5.85. The van der Waals surface area contributed by atoms with Gasteiger partial charge >= 0.3 is 5.97 Å². The molecule has 3 nitrogen and oxygen atoms in total. The summed E-state index contributed by atoms with van der Waals surface area (Å²) < 4.78 is 26.2. The molecular formula is C22H31FO3Si. The molecule has 1 aromatic carbocycles. The van der Waals surface area contributed by atoms with E-state index >= 15 is 0 Å². The van der Waals surface area contributed by atoms with E-state index in [1.807, 2.05) is 6.07 Å². The van der Waals surface area contributed by atoms with Crippen molar-refractivity contribution in [1.29, 1.82) is 0 Å². The van der Waals surface area contributed by atoms with Crippen molar-refractivity contribution in [3.05, 3.63) is 59.7 Å². The first-order valence-electron chi connectivity index (χ1n) is 9.43. The number of allylic oxidation sites excluding steroid dienone is 1. The molecule has 0 aliphatic heterocycles. The zero-order valence-corrected chi connectivity index (χ0v) is 18.0. The zero-order chi connectivity index (χ0) is 20.2. The van der Waals surface area contributed by atoms with Crippen LogP contribution >= 0.6 is 0 Å². The second kappa shape index (κ2) is 8.53. The lowest BCUT2D eigenvalue weighted by atomic mass is 9.87. The number of benzene rings is 1. The van der Waals surface area contributed by atoms with Gasteiger partial charge in [0.15, 0.2) is 8.32 Å². The lowest BCUT2D eigenvalue weighted by Gasteiger charge is -2.41. The van der Waals surface area contributed by atoms with Crippen LogP contribution in [0.2, 0.25) is 18.1 Å². The second-order valence-electron chi connectivity index (χ2n) is 8.63. The Morgan fingerprint density at radius 1 is 1.30 bits per heavy atom. The van der Waals surface area contributed by atoms with Crippen molar-refractivity contribution in [2.75, 3.05) is 6.61 Å². The van der Waals surface area contributed by atoms with E-state index in [0.29, 0.717) is 24.0 Å². The lowest BCUT2D eigenvalue weighted by molar-refractivity contribution is 0.0548. The van der Waals surface area contributed by atoms with Crippen LogP contribution in [0, 0.1) is 0 Å². The summed E-state index contributed by atoms with van der Waals surface area (Å²) in [5.41, 5.74) is 1.76. The van der Waals surface area contributed by atoms with Crippen molar-refractivity contribution in [3.63, 3.8) is 0 Å². The van der Waals surface area contributed by atoms with E-state index in [1.165, 1.54) is 0 Å². The number of hydrogen-bond acceptors (Lipinski definition) is 3. The summed E-state index contributed by atoms with van der Waals surface area (Å²) in [6.45, 7) is 14.9. The van der Waals surface area contributed by atoms with Crippen molar-refractivity contribution in [2.24, 2.45) is 0 Å². The molecule has 1 aliphatic rings. The van der Waals surface area contributed by atoms with E-state index in [1.54, 1.807) is 30.3 Å². The number of carbonyl (C=O) groups excluding carboxylic acids is 1. The molecule has 2 rings (SSSR count). The summed E-state index contributed by atoms with van der Waals surface area (Å²) in [5, 5.41) is 0.0718. The third-order valence-electron chi connectivity index (χ3n) is 5.53. The SMILES string of the molecule is C=C1C(=CCOC(=O)c2ccccc2)CC(O[Si](C)(C)C(C)(C)C)CC1F. The summed E-state index contributed by atoms with van der Waals surface area (Å²) in [7, 11) is -1.98. The molecule has 0 heterocycles. The van der Waals surface area contributed by atoms with Crippen molar-refractivity contribution in [1.82, 2.24) is 0 Å². The Kier molecular flexibility index (Phi) is 6.81. The van der Waals surface area contributed by atoms with Gasteiger partial charge in [0.05, 0.1) is 11.7 Å². The van der Waals surface area contributed by atoms with Crippen LogP contribution in [0.3, 0.4) is 0 Å².